The lowest BCUT2D eigenvalue weighted by atomic mass is 10.0. The van der Waals surface area contributed by atoms with Crippen LogP contribution in [0.3, 0.4) is 0 Å². The number of nitrogens with two attached hydrogens (primary N) is 3. The summed E-state index contributed by atoms with van der Waals surface area (Å²) >= 11 is 0. The number of phenols is 1. The van der Waals surface area contributed by atoms with Crippen LogP contribution in [0.1, 0.15) is 45.8 Å². The largest absolute Gasteiger partial charge is 0.507 e. The molecule has 47 heavy (non-hydrogen) atoms. The number of aromatic hydroxyl groups is 1. The lowest BCUT2D eigenvalue weighted by molar-refractivity contribution is 0.0941. The number of aliphatic imine (C=N–C) groups is 1. The van der Waals surface area contributed by atoms with Crippen molar-refractivity contribution in [2.45, 2.75) is 31.8 Å². The summed E-state index contributed by atoms with van der Waals surface area (Å²) in [7, 11) is 4.20. The molecule has 13 nitrogen and oxygen atoms in total. The number of para-hydroxylation sites is 3. The number of Topliss-reactive ketones (excluding diaryl/α,β-unsaturated/α-hetero) is 1. The molecule has 3 aromatic carbocycles. The highest BCUT2D eigenvalue weighted by atomic mass is 16.5. The summed E-state index contributed by atoms with van der Waals surface area (Å²) in [5.41, 5.74) is 19.1. The molecule has 0 spiro atoms. The van der Waals surface area contributed by atoms with Crippen molar-refractivity contribution < 1.29 is 33.6 Å². The van der Waals surface area contributed by atoms with Crippen LogP contribution in [0.5, 0.6) is 28.7 Å². The Morgan fingerprint density at radius 3 is 2.43 bits per heavy atom. The fourth-order valence-electron chi connectivity index (χ4n) is 5.09. The number of aromatic nitrogens is 2. The van der Waals surface area contributed by atoms with E-state index in [0.717, 1.165) is 5.52 Å². The van der Waals surface area contributed by atoms with Crippen LogP contribution in [0.15, 0.2) is 65.7 Å². The normalized spacial score (nSPS) is 11.7. The predicted molar refractivity (Wildman–Crippen MR) is 180 cm³/mol. The van der Waals surface area contributed by atoms with Crippen LogP contribution >= 0.6 is 0 Å². The zero-order chi connectivity index (χ0) is 33.9. The van der Waals surface area contributed by atoms with E-state index in [1.165, 1.54) is 33.5 Å². The SMILES string of the molecule is COc1cc(O)c(C(=O)/C=C/c2ccccc2OCCCn2c(C(=O)[C@@H](N)CCCN=C(N)N)nc3ccccc32)c(OC)c1OC. The number of guanidine groups is 1. The molecule has 0 aliphatic heterocycles. The highest BCUT2D eigenvalue weighted by Crippen LogP contribution is 2.45. The van der Waals surface area contributed by atoms with Crippen LogP contribution in [-0.4, -0.2) is 72.7 Å². The van der Waals surface area contributed by atoms with Gasteiger partial charge in [-0.25, -0.2) is 4.98 Å². The minimum absolute atomic E-state index is 0.00315. The Morgan fingerprint density at radius 2 is 1.70 bits per heavy atom. The van der Waals surface area contributed by atoms with E-state index in [2.05, 4.69) is 9.98 Å². The van der Waals surface area contributed by atoms with Crippen molar-refractivity contribution in [2.75, 3.05) is 34.5 Å². The predicted octanol–water partition coefficient (Wildman–Crippen LogP) is 3.70. The Hall–Kier alpha value is -5.56. The molecule has 0 unspecified atom stereocenters. The Morgan fingerprint density at radius 1 is 0.979 bits per heavy atom. The number of ketones is 2. The second kappa shape index (κ2) is 16.1. The van der Waals surface area contributed by atoms with Crippen LogP contribution in [0.25, 0.3) is 17.1 Å². The number of phenolic OH excluding ortho intramolecular Hbond substituents is 1. The van der Waals surface area contributed by atoms with Gasteiger partial charge in [-0.05, 0) is 49.6 Å². The van der Waals surface area contributed by atoms with Crippen LogP contribution in [0.4, 0.5) is 0 Å². The second-order valence-corrected chi connectivity index (χ2v) is 10.5. The molecule has 4 rings (SSSR count). The maximum absolute atomic E-state index is 13.3. The van der Waals surface area contributed by atoms with Gasteiger partial charge in [-0.3, -0.25) is 14.6 Å². The second-order valence-electron chi connectivity index (χ2n) is 10.5. The maximum atomic E-state index is 13.3. The number of aryl methyl sites for hydroxylation is 1. The molecule has 0 amide bonds. The van der Waals surface area contributed by atoms with E-state index in [9.17, 15) is 14.7 Å². The maximum Gasteiger partial charge on any atom is 0.214 e. The minimum Gasteiger partial charge on any atom is -0.507 e. The monoisotopic (exact) mass is 644 g/mol. The van der Waals surface area contributed by atoms with Gasteiger partial charge in [0.15, 0.2) is 29.1 Å². The van der Waals surface area contributed by atoms with E-state index in [-0.39, 0.29) is 46.1 Å². The van der Waals surface area contributed by atoms with E-state index in [1.807, 2.05) is 41.0 Å². The average molecular weight is 645 g/mol. The van der Waals surface area contributed by atoms with Gasteiger partial charge in [0.1, 0.15) is 17.1 Å². The first-order chi connectivity index (χ1) is 22.7. The number of carbonyl (C=O) groups excluding carboxylic acids is 2. The van der Waals surface area contributed by atoms with Crippen molar-refractivity contribution in [1.82, 2.24) is 9.55 Å². The topological polar surface area (TPSA) is 200 Å². The first kappa shape index (κ1) is 34.3. The standard InChI is InChI=1S/C34H40N6O7/c1-44-28-20-26(42)29(32(46-3)31(28)45-2)25(41)16-15-21-10-4-7-14-27(21)47-19-9-18-40-24-13-6-5-12-23(24)39-33(40)30(43)22(35)11-8-17-38-34(36)37/h4-7,10,12-16,20,22,42H,8-9,11,17-19,35H2,1-3H3,(H4,36,37,38)/b16-15+/t22-/m0/s1. The van der Waals surface area contributed by atoms with E-state index in [0.29, 0.717) is 55.8 Å². The third kappa shape index (κ3) is 8.19. The number of ether oxygens (including phenoxy) is 4. The van der Waals surface area contributed by atoms with Crippen LogP contribution in [0, 0.1) is 0 Å². The van der Waals surface area contributed by atoms with Gasteiger partial charge < -0.3 is 45.8 Å². The number of methoxy groups -OCH3 is 3. The number of hydrogen-bond acceptors (Lipinski definition) is 10. The molecule has 7 N–H and O–H groups in total. The lowest BCUT2D eigenvalue weighted by Gasteiger charge is -2.16. The number of carbonyl (C=O) groups is 2. The summed E-state index contributed by atoms with van der Waals surface area (Å²) in [6.07, 6.45) is 4.44. The number of imidazole rings is 1. The Bertz CT molecular complexity index is 1780. The van der Waals surface area contributed by atoms with Gasteiger partial charge in [0, 0.05) is 24.7 Å². The summed E-state index contributed by atoms with van der Waals surface area (Å²) < 4.78 is 23.9. The van der Waals surface area contributed by atoms with Gasteiger partial charge in [0.2, 0.25) is 11.5 Å². The lowest BCUT2D eigenvalue weighted by Crippen LogP contribution is -2.33. The first-order valence-corrected chi connectivity index (χ1v) is 15.0. The smallest absolute Gasteiger partial charge is 0.214 e. The fourth-order valence-corrected chi connectivity index (χ4v) is 5.09. The minimum atomic E-state index is -0.752. The van der Waals surface area contributed by atoms with Crippen LogP contribution < -0.4 is 36.1 Å². The van der Waals surface area contributed by atoms with Crippen molar-refractivity contribution in [3.63, 3.8) is 0 Å². The highest BCUT2D eigenvalue weighted by Gasteiger charge is 2.25. The van der Waals surface area contributed by atoms with Gasteiger partial charge >= 0.3 is 0 Å². The van der Waals surface area contributed by atoms with Gasteiger partial charge in [0.25, 0.3) is 0 Å². The molecule has 13 heteroatoms. The van der Waals surface area contributed by atoms with E-state index >= 15 is 0 Å². The molecule has 0 saturated carbocycles. The van der Waals surface area contributed by atoms with Gasteiger partial charge in [-0.2, -0.15) is 0 Å². The van der Waals surface area contributed by atoms with Crippen LogP contribution in [0.2, 0.25) is 0 Å². The quantitative estimate of drug-likeness (QED) is 0.0430. The summed E-state index contributed by atoms with van der Waals surface area (Å²) in [4.78, 5) is 35.1. The summed E-state index contributed by atoms with van der Waals surface area (Å²) in [5, 5.41) is 10.6. The molecule has 0 radical (unpaired) electrons. The number of fused-ring (bicyclic) bond motifs is 1. The van der Waals surface area contributed by atoms with Gasteiger partial charge in [-0.1, -0.05) is 30.3 Å². The third-order valence-electron chi connectivity index (χ3n) is 7.35. The average Bonchev–Trinajstić information content (AvgIpc) is 3.45. The van der Waals surface area contributed by atoms with E-state index in [1.54, 1.807) is 18.2 Å². The molecule has 1 heterocycles. The molecule has 4 aromatic rings. The fraction of sp³-hybridized carbons (Fsp3) is 0.294. The number of hydrogen-bond donors (Lipinski definition) is 4. The number of rotatable bonds is 17. The highest BCUT2D eigenvalue weighted by molar-refractivity contribution is 6.11. The molecule has 1 atom stereocenters. The van der Waals surface area contributed by atoms with Crippen molar-refractivity contribution in [3.8, 4) is 28.7 Å². The zero-order valence-electron chi connectivity index (χ0n) is 26.6. The molecule has 1 aromatic heterocycles. The zero-order valence-corrected chi connectivity index (χ0v) is 26.6. The van der Waals surface area contributed by atoms with E-state index in [4.69, 9.17) is 36.1 Å². The molecule has 0 fully saturated rings. The van der Waals surface area contributed by atoms with Crippen molar-refractivity contribution in [3.05, 3.63) is 77.6 Å². The Balaban J connectivity index is 1.45. The molecular weight excluding hydrogens is 604 g/mol. The Kier molecular flexibility index (Phi) is 11.8. The van der Waals surface area contributed by atoms with Crippen molar-refractivity contribution in [2.24, 2.45) is 22.2 Å². The van der Waals surface area contributed by atoms with Gasteiger partial charge in [-0.15, -0.1) is 0 Å². The van der Waals surface area contributed by atoms with Gasteiger partial charge in [0.05, 0.1) is 45.0 Å². The van der Waals surface area contributed by atoms with Crippen molar-refractivity contribution in [1.29, 1.82) is 0 Å². The summed E-state index contributed by atoms with van der Waals surface area (Å²) in [6.45, 7) is 1.15. The molecule has 0 saturated heterocycles. The van der Waals surface area contributed by atoms with E-state index < -0.39 is 11.8 Å². The Labute approximate surface area is 272 Å². The molecule has 0 aliphatic carbocycles. The number of allylic oxidation sites excluding steroid dienone is 1. The summed E-state index contributed by atoms with van der Waals surface area (Å²) in [5.74, 6) is 0.230. The molecule has 248 valence electrons. The summed E-state index contributed by atoms with van der Waals surface area (Å²) in [6, 6.07) is 15.3. The third-order valence-corrected chi connectivity index (χ3v) is 7.35. The number of benzene rings is 3. The molecule has 0 aliphatic rings. The van der Waals surface area contributed by atoms with Crippen LogP contribution in [-0.2, 0) is 6.54 Å². The molecule has 0 bridgehead atoms. The number of nitrogens with zero attached hydrogens (tertiary/aromatic N) is 3. The van der Waals surface area contributed by atoms with Crippen molar-refractivity contribution >= 4 is 34.6 Å². The molecular formula is C34H40N6O7. The first-order valence-electron chi connectivity index (χ1n) is 15.0.